The van der Waals surface area contributed by atoms with Crippen molar-refractivity contribution in [1.29, 1.82) is 5.26 Å². The summed E-state index contributed by atoms with van der Waals surface area (Å²) < 4.78 is 4.62. The molecule has 0 aliphatic carbocycles. The SMILES string of the molecule is COC(=O)CN(c1ccc([N+](=O)[O-])c(C#N)c1)C(C)C. The number of ether oxygens (including phenoxy) is 1. The van der Waals surface area contributed by atoms with Crippen molar-refractivity contribution in [3.8, 4) is 6.07 Å². The van der Waals surface area contributed by atoms with Crippen LogP contribution in [0.5, 0.6) is 0 Å². The molecular formula is C13H15N3O4. The van der Waals surface area contributed by atoms with E-state index in [9.17, 15) is 14.9 Å². The summed E-state index contributed by atoms with van der Waals surface area (Å²) in [6, 6.07) is 5.95. The summed E-state index contributed by atoms with van der Waals surface area (Å²) in [7, 11) is 1.29. The van der Waals surface area contributed by atoms with Crippen molar-refractivity contribution in [3.63, 3.8) is 0 Å². The van der Waals surface area contributed by atoms with Crippen molar-refractivity contribution < 1.29 is 14.5 Å². The molecule has 0 aliphatic heterocycles. The second-order valence-electron chi connectivity index (χ2n) is 4.37. The number of hydrogen-bond acceptors (Lipinski definition) is 6. The molecule has 0 heterocycles. The van der Waals surface area contributed by atoms with Crippen LogP contribution in [0.3, 0.4) is 0 Å². The minimum absolute atomic E-state index is 0.0108. The maximum atomic E-state index is 11.4. The second kappa shape index (κ2) is 6.52. The largest absolute Gasteiger partial charge is 0.468 e. The highest BCUT2D eigenvalue weighted by Crippen LogP contribution is 2.25. The molecule has 1 aromatic carbocycles. The average molecular weight is 277 g/mol. The van der Waals surface area contributed by atoms with Crippen LogP contribution in [0.25, 0.3) is 0 Å². The third-order valence-electron chi connectivity index (χ3n) is 2.78. The zero-order valence-corrected chi connectivity index (χ0v) is 11.5. The summed E-state index contributed by atoms with van der Waals surface area (Å²) in [5.41, 5.74) is 0.272. The molecule has 0 N–H and O–H groups in total. The Morgan fingerprint density at radius 2 is 2.20 bits per heavy atom. The van der Waals surface area contributed by atoms with Gasteiger partial charge in [-0.15, -0.1) is 0 Å². The van der Waals surface area contributed by atoms with Gasteiger partial charge in [-0.2, -0.15) is 5.26 Å². The van der Waals surface area contributed by atoms with Gasteiger partial charge in [0.05, 0.1) is 12.0 Å². The fraction of sp³-hybridized carbons (Fsp3) is 0.385. The van der Waals surface area contributed by atoms with Gasteiger partial charge in [0.1, 0.15) is 18.2 Å². The summed E-state index contributed by atoms with van der Waals surface area (Å²) in [6.45, 7) is 3.75. The third kappa shape index (κ3) is 3.45. The van der Waals surface area contributed by atoms with Crippen LogP contribution in [-0.4, -0.2) is 30.6 Å². The number of esters is 1. The second-order valence-corrected chi connectivity index (χ2v) is 4.37. The van der Waals surface area contributed by atoms with Crippen LogP contribution in [0.15, 0.2) is 18.2 Å². The van der Waals surface area contributed by atoms with Crippen LogP contribution >= 0.6 is 0 Å². The molecule has 0 aliphatic rings. The van der Waals surface area contributed by atoms with Gasteiger partial charge >= 0.3 is 5.97 Å². The van der Waals surface area contributed by atoms with Crippen molar-refractivity contribution in [1.82, 2.24) is 0 Å². The molecule has 0 spiro atoms. The topological polar surface area (TPSA) is 96.5 Å². The minimum atomic E-state index is -0.609. The molecule has 7 heteroatoms. The highest BCUT2D eigenvalue weighted by molar-refractivity contribution is 5.76. The van der Waals surface area contributed by atoms with Crippen molar-refractivity contribution in [2.75, 3.05) is 18.6 Å². The molecule has 0 bridgehead atoms. The number of nitriles is 1. The molecule has 0 saturated carbocycles. The Morgan fingerprint density at radius 3 is 2.65 bits per heavy atom. The number of rotatable bonds is 5. The molecule has 0 radical (unpaired) electrons. The van der Waals surface area contributed by atoms with E-state index in [1.54, 1.807) is 11.0 Å². The van der Waals surface area contributed by atoms with Gasteiger partial charge in [0.15, 0.2) is 0 Å². The lowest BCUT2D eigenvalue weighted by atomic mass is 10.1. The molecule has 0 saturated heterocycles. The van der Waals surface area contributed by atoms with Crippen molar-refractivity contribution >= 4 is 17.3 Å². The molecular weight excluding hydrogens is 262 g/mol. The van der Waals surface area contributed by atoms with Crippen molar-refractivity contribution in [2.45, 2.75) is 19.9 Å². The van der Waals surface area contributed by atoms with Crippen LogP contribution in [0.1, 0.15) is 19.4 Å². The van der Waals surface area contributed by atoms with E-state index in [4.69, 9.17) is 5.26 Å². The van der Waals surface area contributed by atoms with Gasteiger partial charge in [-0.3, -0.25) is 14.9 Å². The van der Waals surface area contributed by atoms with E-state index in [2.05, 4.69) is 4.74 Å². The Kier molecular flexibility index (Phi) is 5.03. The summed E-state index contributed by atoms with van der Waals surface area (Å²) >= 11 is 0. The van der Waals surface area contributed by atoms with E-state index in [-0.39, 0.29) is 23.8 Å². The maximum Gasteiger partial charge on any atom is 0.325 e. The first-order chi connectivity index (χ1) is 9.40. The third-order valence-corrected chi connectivity index (χ3v) is 2.78. The Hall–Kier alpha value is -2.62. The van der Waals surface area contributed by atoms with Crippen molar-refractivity contribution in [3.05, 3.63) is 33.9 Å². The van der Waals surface area contributed by atoms with Gasteiger partial charge in [-0.1, -0.05) is 0 Å². The Bertz CT molecular complexity index is 563. The van der Waals surface area contributed by atoms with E-state index in [0.717, 1.165) is 0 Å². The molecule has 0 aromatic heterocycles. The molecule has 0 fully saturated rings. The van der Waals surface area contributed by atoms with E-state index in [0.29, 0.717) is 5.69 Å². The number of benzene rings is 1. The summed E-state index contributed by atoms with van der Waals surface area (Å²) in [4.78, 5) is 23.3. The normalized spacial score (nSPS) is 9.95. The van der Waals surface area contributed by atoms with Crippen LogP contribution in [-0.2, 0) is 9.53 Å². The van der Waals surface area contributed by atoms with Gasteiger partial charge in [0, 0.05) is 17.8 Å². The first-order valence-corrected chi connectivity index (χ1v) is 5.92. The molecule has 106 valence electrons. The van der Waals surface area contributed by atoms with Crippen LogP contribution in [0.4, 0.5) is 11.4 Å². The highest BCUT2D eigenvalue weighted by atomic mass is 16.6. The highest BCUT2D eigenvalue weighted by Gasteiger charge is 2.19. The Morgan fingerprint density at radius 1 is 1.55 bits per heavy atom. The van der Waals surface area contributed by atoms with Crippen LogP contribution < -0.4 is 4.90 Å². The number of nitrogens with zero attached hydrogens (tertiary/aromatic N) is 3. The molecule has 1 aromatic rings. The van der Waals surface area contributed by atoms with Gasteiger partial charge < -0.3 is 9.64 Å². The number of nitro benzene ring substituents is 1. The lowest BCUT2D eigenvalue weighted by Gasteiger charge is -2.27. The van der Waals surface area contributed by atoms with Gasteiger partial charge in [-0.25, -0.2) is 0 Å². The lowest BCUT2D eigenvalue weighted by Crippen LogP contribution is -2.36. The predicted molar refractivity (Wildman–Crippen MR) is 72.3 cm³/mol. The summed E-state index contributed by atoms with van der Waals surface area (Å²) in [6.07, 6.45) is 0. The zero-order chi connectivity index (χ0) is 15.3. The fourth-order valence-corrected chi connectivity index (χ4v) is 1.73. The van der Waals surface area contributed by atoms with Gasteiger partial charge in [-0.05, 0) is 26.0 Å². The standard InChI is InChI=1S/C13H15N3O4/c1-9(2)15(8-13(17)20-3)11-4-5-12(16(18)19)10(6-11)7-14/h4-6,9H,8H2,1-3H3. The number of carbonyl (C=O) groups is 1. The summed E-state index contributed by atoms with van der Waals surface area (Å²) in [5.74, 6) is -0.421. The Balaban J connectivity index is 3.19. The number of carbonyl (C=O) groups excluding carboxylic acids is 1. The Labute approximate surface area is 116 Å². The number of methoxy groups -OCH3 is 1. The molecule has 0 amide bonds. The molecule has 7 nitrogen and oxygen atoms in total. The van der Waals surface area contributed by atoms with Crippen molar-refractivity contribution in [2.24, 2.45) is 0 Å². The van der Waals surface area contributed by atoms with E-state index >= 15 is 0 Å². The smallest absolute Gasteiger partial charge is 0.325 e. The van der Waals surface area contributed by atoms with Crippen LogP contribution in [0, 0.1) is 21.4 Å². The van der Waals surface area contributed by atoms with Crippen LogP contribution in [0.2, 0.25) is 0 Å². The van der Waals surface area contributed by atoms with Gasteiger partial charge in [0.25, 0.3) is 5.69 Å². The van der Waals surface area contributed by atoms with E-state index in [1.807, 2.05) is 13.8 Å². The zero-order valence-electron chi connectivity index (χ0n) is 11.5. The van der Waals surface area contributed by atoms with Gasteiger partial charge in [0.2, 0.25) is 0 Å². The first-order valence-electron chi connectivity index (χ1n) is 5.92. The first kappa shape index (κ1) is 15.4. The van der Waals surface area contributed by atoms with E-state index < -0.39 is 10.9 Å². The monoisotopic (exact) mass is 277 g/mol. The quantitative estimate of drug-likeness (QED) is 0.463. The number of nitro groups is 1. The maximum absolute atomic E-state index is 11.4. The lowest BCUT2D eigenvalue weighted by molar-refractivity contribution is -0.385. The van der Waals surface area contributed by atoms with E-state index in [1.165, 1.54) is 25.3 Å². The minimum Gasteiger partial charge on any atom is -0.468 e. The summed E-state index contributed by atoms with van der Waals surface area (Å²) in [5, 5.41) is 19.8. The number of anilines is 1. The molecule has 0 unspecified atom stereocenters. The fourth-order valence-electron chi connectivity index (χ4n) is 1.73. The number of hydrogen-bond donors (Lipinski definition) is 0. The average Bonchev–Trinajstić information content (AvgIpc) is 2.43. The molecule has 1 rings (SSSR count). The molecule has 20 heavy (non-hydrogen) atoms. The predicted octanol–water partition coefficient (Wildman–Crippen LogP) is 1.85. The molecule has 0 atom stereocenters.